The van der Waals surface area contributed by atoms with Crippen LogP contribution >= 0.6 is 11.3 Å². The SMILES string of the molecule is Cc1cc(-c2nc3ccccc3s2)ccc1NS(=O)(=O)c1cnc[nH]1. The summed E-state index contributed by atoms with van der Waals surface area (Å²) in [5.41, 5.74) is 3.27. The number of anilines is 1. The largest absolute Gasteiger partial charge is 0.334 e. The molecule has 0 aliphatic heterocycles. The molecular weight excluding hydrogens is 356 g/mol. The van der Waals surface area contributed by atoms with E-state index in [1.807, 2.05) is 43.3 Å². The second-order valence-corrected chi connectivity index (χ2v) is 8.22. The van der Waals surface area contributed by atoms with Crippen LogP contribution < -0.4 is 4.72 Å². The van der Waals surface area contributed by atoms with Crippen LogP contribution in [-0.2, 0) is 10.0 Å². The Labute approximate surface area is 148 Å². The highest BCUT2D eigenvalue weighted by Gasteiger charge is 2.17. The number of H-pyrrole nitrogens is 1. The summed E-state index contributed by atoms with van der Waals surface area (Å²) in [6.45, 7) is 1.86. The molecule has 25 heavy (non-hydrogen) atoms. The number of benzene rings is 2. The molecule has 0 spiro atoms. The Morgan fingerprint density at radius 1 is 1.16 bits per heavy atom. The second kappa shape index (κ2) is 5.98. The molecule has 4 aromatic rings. The highest BCUT2D eigenvalue weighted by Crippen LogP contribution is 2.32. The number of fused-ring (bicyclic) bond motifs is 1. The highest BCUT2D eigenvalue weighted by atomic mass is 32.2. The summed E-state index contributed by atoms with van der Waals surface area (Å²) in [6, 6.07) is 13.5. The number of thiazole rings is 1. The van der Waals surface area contributed by atoms with Crippen molar-refractivity contribution in [1.29, 1.82) is 0 Å². The fraction of sp³-hybridized carbons (Fsp3) is 0.0588. The van der Waals surface area contributed by atoms with Gasteiger partial charge in [0.1, 0.15) is 5.01 Å². The van der Waals surface area contributed by atoms with Crippen LogP contribution in [0.5, 0.6) is 0 Å². The predicted octanol–water partition coefficient (Wildman–Crippen LogP) is 3.80. The lowest BCUT2D eigenvalue weighted by molar-refractivity contribution is 0.598. The number of imidazole rings is 1. The molecule has 0 saturated carbocycles. The van der Waals surface area contributed by atoms with Crippen molar-refractivity contribution in [2.75, 3.05) is 4.72 Å². The third kappa shape index (κ3) is 3.01. The molecule has 0 bridgehead atoms. The van der Waals surface area contributed by atoms with Gasteiger partial charge in [-0.1, -0.05) is 12.1 Å². The first kappa shape index (κ1) is 15.8. The van der Waals surface area contributed by atoms with Crippen LogP contribution in [-0.4, -0.2) is 23.4 Å². The molecule has 0 radical (unpaired) electrons. The number of aromatic amines is 1. The van der Waals surface area contributed by atoms with Crippen LogP contribution in [0.25, 0.3) is 20.8 Å². The Hall–Kier alpha value is -2.71. The normalized spacial score (nSPS) is 11.7. The zero-order valence-electron chi connectivity index (χ0n) is 13.2. The van der Waals surface area contributed by atoms with Gasteiger partial charge in [0.2, 0.25) is 0 Å². The van der Waals surface area contributed by atoms with Gasteiger partial charge in [-0.05, 0) is 42.8 Å². The lowest BCUT2D eigenvalue weighted by Crippen LogP contribution is -2.14. The van der Waals surface area contributed by atoms with E-state index >= 15 is 0 Å². The number of aromatic nitrogens is 3. The lowest BCUT2D eigenvalue weighted by atomic mass is 10.1. The fourth-order valence-electron chi connectivity index (χ4n) is 2.50. The Morgan fingerprint density at radius 2 is 2.00 bits per heavy atom. The first-order valence-corrected chi connectivity index (χ1v) is 9.81. The zero-order chi connectivity index (χ0) is 17.4. The van der Waals surface area contributed by atoms with Crippen molar-refractivity contribution in [3.05, 3.63) is 60.6 Å². The highest BCUT2D eigenvalue weighted by molar-refractivity contribution is 7.92. The molecule has 0 aliphatic carbocycles. The number of sulfonamides is 1. The molecule has 8 heteroatoms. The summed E-state index contributed by atoms with van der Waals surface area (Å²) < 4.78 is 28.3. The Morgan fingerprint density at radius 3 is 2.72 bits per heavy atom. The number of para-hydroxylation sites is 1. The number of nitrogens with one attached hydrogen (secondary N) is 2. The summed E-state index contributed by atoms with van der Waals surface area (Å²) in [7, 11) is -3.67. The summed E-state index contributed by atoms with van der Waals surface area (Å²) >= 11 is 1.61. The quantitative estimate of drug-likeness (QED) is 0.572. The molecule has 0 unspecified atom stereocenters. The maximum Gasteiger partial charge on any atom is 0.278 e. The molecule has 2 heterocycles. The maximum atomic E-state index is 12.3. The van der Waals surface area contributed by atoms with Gasteiger partial charge in [-0.3, -0.25) is 4.72 Å². The minimum Gasteiger partial charge on any atom is -0.334 e. The van der Waals surface area contributed by atoms with Gasteiger partial charge in [0.15, 0.2) is 5.03 Å². The molecule has 0 amide bonds. The van der Waals surface area contributed by atoms with Crippen molar-refractivity contribution in [2.45, 2.75) is 11.9 Å². The Balaban J connectivity index is 1.67. The van der Waals surface area contributed by atoms with Crippen molar-refractivity contribution < 1.29 is 8.42 Å². The van der Waals surface area contributed by atoms with Crippen molar-refractivity contribution in [1.82, 2.24) is 15.0 Å². The van der Waals surface area contributed by atoms with Gasteiger partial charge in [-0.2, -0.15) is 8.42 Å². The predicted molar refractivity (Wildman–Crippen MR) is 99.2 cm³/mol. The number of hydrogen-bond acceptors (Lipinski definition) is 5. The number of nitrogens with zero attached hydrogens (tertiary/aromatic N) is 2. The van der Waals surface area contributed by atoms with Crippen molar-refractivity contribution in [3.8, 4) is 10.6 Å². The van der Waals surface area contributed by atoms with E-state index in [0.717, 1.165) is 26.4 Å². The van der Waals surface area contributed by atoms with E-state index in [2.05, 4.69) is 19.7 Å². The van der Waals surface area contributed by atoms with Crippen LogP contribution in [0.15, 0.2) is 60.0 Å². The molecule has 126 valence electrons. The number of hydrogen-bond donors (Lipinski definition) is 2. The maximum absolute atomic E-state index is 12.3. The van der Waals surface area contributed by atoms with Crippen LogP contribution in [0.1, 0.15) is 5.56 Å². The zero-order valence-corrected chi connectivity index (χ0v) is 14.9. The van der Waals surface area contributed by atoms with Gasteiger partial charge in [-0.25, -0.2) is 9.97 Å². The molecule has 4 rings (SSSR count). The molecule has 2 aromatic heterocycles. The van der Waals surface area contributed by atoms with Crippen LogP contribution in [0.4, 0.5) is 5.69 Å². The van der Waals surface area contributed by atoms with Crippen molar-refractivity contribution in [3.63, 3.8) is 0 Å². The van der Waals surface area contributed by atoms with Crippen LogP contribution in [0, 0.1) is 6.92 Å². The van der Waals surface area contributed by atoms with E-state index in [0.29, 0.717) is 5.69 Å². The Kier molecular flexibility index (Phi) is 3.78. The average Bonchev–Trinajstić information content (AvgIpc) is 3.26. The van der Waals surface area contributed by atoms with E-state index < -0.39 is 10.0 Å². The van der Waals surface area contributed by atoms with E-state index in [-0.39, 0.29) is 5.03 Å². The smallest absolute Gasteiger partial charge is 0.278 e. The first-order chi connectivity index (χ1) is 12.0. The first-order valence-electron chi connectivity index (χ1n) is 7.51. The van der Waals surface area contributed by atoms with Gasteiger partial charge in [-0.15, -0.1) is 11.3 Å². The van der Waals surface area contributed by atoms with Gasteiger partial charge < -0.3 is 4.98 Å². The third-order valence-electron chi connectivity index (χ3n) is 3.77. The fourth-order valence-corrected chi connectivity index (χ4v) is 4.49. The Bertz CT molecular complexity index is 1120. The molecule has 0 aliphatic rings. The lowest BCUT2D eigenvalue weighted by Gasteiger charge is -2.10. The van der Waals surface area contributed by atoms with Crippen LogP contribution in [0.2, 0.25) is 0 Å². The molecule has 2 aromatic carbocycles. The second-order valence-electron chi connectivity index (χ2n) is 5.54. The monoisotopic (exact) mass is 370 g/mol. The molecule has 0 atom stereocenters. The van der Waals surface area contributed by atoms with E-state index in [9.17, 15) is 8.42 Å². The minimum absolute atomic E-state index is 0.0298. The van der Waals surface area contributed by atoms with Crippen molar-refractivity contribution >= 4 is 37.3 Å². The number of aryl methyl sites for hydroxylation is 1. The average molecular weight is 370 g/mol. The van der Waals surface area contributed by atoms with Gasteiger partial charge in [0.05, 0.1) is 28.4 Å². The van der Waals surface area contributed by atoms with Gasteiger partial charge in [0, 0.05) is 5.56 Å². The summed E-state index contributed by atoms with van der Waals surface area (Å²) in [5, 5.41) is 0.939. The standard InChI is InChI=1S/C17H14N4O2S2/c1-11-8-12(17-20-14-4-2-3-5-15(14)24-17)6-7-13(11)21-25(22,23)16-9-18-10-19-16/h2-10,21H,1H3,(H,18,19). The third-order valence-corrected chi connectivity index (χ3v) is 6.15. The van der Waals surface area contributed by atoms with E-state index in [1.54, 1.807) is 17.4 Å². The van der Waals surface area contributed by atoms with E-state index in [4.69, 9.17) is 0 Å². The summed E-state index contributed by atoms with van der Waals surface area (Å²) in [6.07, 6.45) is 2.60. The van der Waals surface area contributed by atoms with E-state index in [1.165, 1.54) is 12.5 Å². The number of rotatable bonds is 4. The van der Waals surface area contributed by atoms with Gasteiger partial charge in [0.25, 0.3) is 10.0 Å². The van der Waals surface area contributed by atoms with Crippen LogP contribution in [0.3, 0.4) is 0 Å². The van der Waals surface area contributed by atoms with Gasteiger partial charge >= 0.3 is 0 Å². The van der Waals surface area contributed by atoms with Crippen molar-refractivity contribution in [2.24, 2.45) is 0 Å². The summed E-state index contributed by atoms with van der Waals surface area (Å²) in [5.74, 6) is 0. The minimum atomic E-state index is -3.67. The molecular formula is C17H14N4O2S2. The molecule has 6 nitrogen and oxygen atoms in total. The molecule has 0 fully saturated rings. The topological polar surface area (TPSA) is 87.7 Å². The molecule has 0 saturated heterocycles. The molecule has 2 N–H and O–H groups in total. The summed E-state index contributed by atoms with van der Waals surface area (Å²) in [4.78, 5) is 11.0.